The molecule has 0 unspecified atom stereocenters. The monoisotopic (exact) mass is 89.0 g/mol. The van der Waals surface area contributed by atoms with Crippen LogP contribution in [0.5, 0.6) is 0 Å². The van der Waals surface area contributed by atoms with E-state index < -0.39 is 0 Å². The van der Waals surface area contributed by atoms with Gasteiger partial charge in [-0.2, -0.15) is 0 Å². The maximum Gasteiger partial charge on any atom is 0.0876 e. The topological polar surface area (TPSA) is 0 Å². The lowest BCUT2D eigenvalue weighted by molar-refractivity contribution is 2.45. The minimum Gasteiger partial charge on any atom is -0.0958 e. The summed E-state index contributed by atoms with van der Waals surface area (Å²) in [6, 6.07) is 0. The molecule has 0 saturated heterocycles. The zero-order chi connectivity index (χ0) is 3.58. The highest BCUT2D eigenvalue weighted by Gasteiger charge is 1.57. The Balaban J connectivity index is 2.80. The molecule has 0 N–H and O–H groups in total. The molecule has 0 spiro atoms. The van der Waals surface area contributed by atoms with Gasteiger partial charge in [-0.15, -0.1) is 0 Å². The van der Waals surface area contributed by atoms with Gasteiger partial charge in [-0.1, -0.05) is 18.2 Å². The van der Waals surface area contributed by atoms with E-state index in [9.17, 15) is 0 Å². The lowest BCUT2D eigenvalue weighted by atomic mass is 11.3. The summed E-state index contributed by atoms with van der Waals surface area (Å²) < 4.78 is 0.444. The van der Waals surface area contributed by atoms with Crippen LogP contribution in [-0.2, 0) is 0 Å². The van der Waals surface area contributed by atoms with Gasteiger partial charge in [0.05, 0.1) is 10.2 Å². The minimum atomic E-state index is 0.444. The summed E-state index contributed by atoms with van der Waals surface area (Å²) in [6.07, 6.45) is 0. The number of halogens is 1. The van der Waals surface area contributed by atoms with Gasteiger partial charge in [0.15, 0.2) is 0 Å². The fourth-order valence-corrected chi connectivity index (χ4v) is 0. The zero-order valence-corrected chi connectivity index (χ0v) is 3.84. The average Bonchev–Trinajstić information content (AvgIpc) is 0.811. The molecule has 0 rings (SSSR count). The Hall–Kier alpha value is 0.247. The molecule has 0 aliphatic rings. The molecule has 2 heteroatoms. The van der Waals surface area contributed by atoms with Crippen LogP contribution in [-0.4, -0.2) is 10.2 Å². The predicted molar refractivity (Wildman–Crippen MR) is 20.7 cm³/mol. The van der Waals surface area contributed by atoms with Gasteiger partial charge in [0.1, 0.15) is 0 Å². The fraction of sp³-hybridized carbons (Fsp3) is 0. The van der Waals surface area contributed by atoms with Gasteiger partial charge in [0.2, 0.25) is 0 Å². The van der Waals surface area contributed by atoms with Crippen LogP contribution in [0.1, 0.15) is 0 Å². The van der Waals surface area contributed by atoms with E-state index >= 15 is 0 Å². The Bertz CT molecular complexity index is 29.0. The molecule has 0 saturated carbocycles. The minimum absolute atomic E-state index is 0.444. The van der Waals surface area contributed by atoms with Crippen molar-refractivity contribution >= 4 is 21.8 Å². The van der Waals surface area contributed by atoms with Gasteiger partial charge in [0.25, 0.3) is 0 Å². The molecule has 0 nitrogen and oxygen atoms in total. The Kier molecular flexibility index (Phi) is 1.65. The van der Waals surface area contributed by atoms with Crippen LogP contribution in [0.3, 0.4) is 0 Å². The first kappa shape index (κ1) is 4.25. The third kappa shape index (κ3) is 57.3. The molecule has 0 aromatic heterocycles. The molecule has 0 aliphatic carbocycles. The highest BCUT2D eigenvalue weighted by molar-refractivity contribution is 6.51. The van der Waals surface area contributed by atoms with E-state index in [1.807, 2.05) is 0 Å². The quantitative estimate of drug-likeness (QED) is 0.386. The molecule has 0 fully saturated rings. The van der Waals surface area contributed by atoms with Crippen molar-refractivity contribution in [3.63, 3.8) is 0 Å². The van der Waals surface area contributed by atoms with Crippen LogP contribution < -0.4 is 0 Å². The third-order valence-corrected chi connectivity index (χ3v) is 0. The third-order valence-electron chi connectivity index (χ3n) is 0. The SMILES string of the molecule is C=C([Si])Cl. The maximum atomic E-state index is 4.99. The molecule has 0 amide bonds. The lowest BCUT2D eigenvalue weighted by Crippen LogP contribution is -1.50. The van der Waals surface area contributed by atoms with Gasteiger partial charge >= 0.3 is 0 Å². The summed E-state index contributed by atoms with van der Waals surface area (Å²) in [5, 5.41) is 0. The lowest BCUT2D eigenvalue weighted by Gasteiger charge is -1.60. The molecule has 3 radical (unpaired) electrons. The molecule has 0 aliphatic heterocycles. The van der Waals surface area contributed by atoms with Crippen molar-refractivity contribution in [1.82, 2.24) is 0 Å². The second-order valence-electron chi connectivity index (χ2n) is 0.405. The molecule has 0 aromatic carbocycles. The molecular weight excluding hydrogens is 87.6 g/mol. The molecule has 0 heterocycles. The first-order valence-electron chi connectivity index (χ1n) is 0.793. The molecule has 0 bridgehead atoms. The second-order valence-corrected chi connectivity index (χ2v) is 1.78. The second kappa shape index (κ2) is 1.55. The Morgan fingerprint density at radius 1 is 2.00 bits per heavy atom. The first-order chi connectivity index (χ1) is 1.73. The van der Waals surface area contributed by atoms with E-state index in [0.717, 1.165) is 0 Å². The van der Waals surface area contributed by atoms with Crippen molar-refractivity contribution in [3.05, 3.63) is 11.2 Å². The maximum absolute atomic E-state index is 4.99. The zero-order valence-electron chi connectivity index (χ0n) is 2.09. The summed E-state index contributed by atoms with van der Waals surface area (Å²) in [6.45, 7) is 3.23. The molecule has 0 atom stereocenters. The van der Waals surface area contributed by atoms with E-state index in [4.69, 9.17) is 11.6 Å². The van der Waals surface area contributed by atoms with Crippen molar-refractivity contribution in [2.75, 3.05) is 0 Å². The molecule has 21 valence electrons. The van der Waals surface area contributed by atoms with Gasteiger partial charge in [0, 0.05) is 0 Å². The normalized spacial score (nSPS) is 6.50. The van der Waals surface area contributed by atoms with Crippen molar-refractivity contribution in [2.24, 2.45) is 0 Å². The number of rotatable bonds is 0. The summed E-state index contributed by atoms with van der Waals surface area (Å²) >= 11 is 4.99. The van der Waals surface area contributed by atoms with Crippen LogP contribution in [0.2, 0.25) is 0 Å². The molecular formula is C2H2ClSi. The Morgan fingerprint density at radius 2 is 2.00 bits per heavy atom. The van der Waals surface area contributed by atoms with Crippen LogP contribution in [0.25, 0.3) is 0 Å². The van der Waals surface area contributed by atoms with Gasteiger partial charge in [-0.3, -0.25) is 0 Å². The first-order valence-corrected chi connectivity index (χ1v) is 1.67. The largest absolute Gasteiger partial charge is 0.0958 e. The van der Waals surface area contributed by atoms with Gasteiger partial charge < -0.3 is 0 Å². The average molecular weight is 89.6 g/mol. The Morgan fingerprint density at radius 3 is 2.00 bits per heavy atom. The van der Waals surface area contributed by atoms with Crippen LogP contribution in [0.4, 0.5) is 0 Å². The van der Waals surface area contributed by atoms with E-state index in [2.05, 4.69) is 16.8 Å². The van der Waals surface area contributed by atoms with Gasteiger partial charge in [-0.05, 0) is 4.66 Å². The van der Waals surface area contributed by atoms with Crippen molar-refractivity contribution in [2.45, 2.75) is 0 Å². The van der Waals surface area contributed by atoms with E-state index in [0.29, 0.717) is 4.66 Å². The highest BCUT2D eigenvalue weighted by Crippen LogP contribution is 1.81. The molecule has 4 heavy (non-hydrogen) atoms. The standard InChI is InChI=1S/C2H2ClSi/c1-2(3)4/h1H2. The van der Waals surface area contributed by atoms with Gasteiger partial charge in [-0.25, -0.2) is 0 Å². The van der Waals surface area contributed by atoms with E-state index in [1.54, 1.807) is 0 Å². The number of hydrogen-bond donors (Lipinski definition) is 0. The summed E-state index contributed by atoms with van der Waals surface area (Å²) in [5.74, 6) is 0. The van der Waals surface area contributed by atoms with E-state index in [-0.39, 0.29) is 0 Å². The fourth-order valence-electron chi connectivity index (χ4n) is 0. The summed E-state index contributed by atoms with van der Waals surface area (Å²) in [5.41, 5.74) is 0. The van der Waals surface area contributed by atoms with Crippen molar-refractivity contribution in [3.8, 4) is 0 Å². The molecule has 0 aromatic rings. The van der Waals surface area contributed by atoms with Crippen molar-refractivity contribution in [1.29, 1.82) is 0 Å². The predicted octanol–water partition coefficient (Wildman–Crippen LogP) is 0.865. The van der Waals surface area contributed by atoms with Crippen LogP contribution in [0.15, 0.2) is 11.2 Å². The summed E-state index contributed by atoms with van der Waals surface area (Å²) in [7, 11) is 2.88. The highest BCUT2D eigenvalue weighted by atomic mass is 35.5. The number of hydrogen-bond acceptors (Lipinski definition) is 0. The van der Waals surface area contributed by atoms with E-state index in [1.165, 1.54) is 0 Å². The summed E-state index contributed by atoms with van der Waals surface area (Å²) in [4.78, 5) is 0. The Labute approximate surface area is 33.9 Å². The van der Waals surface area contributed by atoms with Crippen molar-refractivity contribution < 1.29 is 0 Å². The van der Waals surface area contributed by atoms with Crippen LogP contribution >= 0.6 is 11.6 Å². The smallest absolute Gasteiger partial charge is 0.0876 e. The van der Waals surface area contributed by atoms with Crippen LogP contribution in [0, 0.1) is 0 Å².